The van der Waals surface area contributed by atoms with Crippen LogP contribution in [0.5, 0.6) is 0 Å². The first-order valence-corrected chi connectivity index (χ1v) is 4.45. The van der Waals surface area contributed by atoms with E-state index in [-0.39, 0.29) is 5.69 Å². The molecule has 0 heterocycles. The average Bonchev–Trinajstić information content (AvgIpc) is 2.18. The van der Waals surface area contributed by atoms with Gasteiger partial charge in [-0.3, -0.25) is 15.1 Å². The lowest BCUT2D eigenvalue weighted by molar-refractivity contribution is -0.384. The van der Waals surface area contributed by atoms with Crippen molar-refractivity contribution in [1.82, 2.24) is 5.01 Å². The highest BCUT2D eigenvalue weighted by atomic mass is 32.1. The zero-order valence-electron chi connectivity index (χ0n) is 8.01. The summed E-state index contributed by atoms with van der Waals surface area (Å²) in [7, 11) is 1.60. The molecule has 0 unspecified atom stereocenters. The van der Waals surface area contributed by atoms with Gasteiger partial charge in [-0.2, -0.15) is 0 Å². The third kappa shape index (κ3) is 3.15. The molecule has 0 aliphatic heterocycles. The van der Waals surface area contributed by atoms with Gasteiger partial charge in [0.25, 0.3) is 5.69 Å². The van der Waals surface area contributed by atoms with E-state index in [0.717, 1.165) is 0 Å². The first kappa shape index (κ1) is 11.3. The Morgan fingerprint density at radius 3 is 2.47 bits per heavy atom. The van der Waals surface area contributed by atoms with E-state index >= 15 is 0 Å². The molecule has 1 aromatic carbocycles. The highest BCUT2D eigenvalue weighted by Gasteiger charge is 2.05. The van der Waals surface area contributed by atoms with Gasteiger partial charge >= 0.3 is 0 Å². The molecule has 0 aromatic heterocycles. The fourth-order valence-electron chi connectivity index (χ4n) is 0.878. The maximum absolute atomic E-state index is 10.4. The summed E-state index contributed by atoms with van der Waals surface area (Å²) in [5.41, 5.74) is 0.690. The van der Waals surface area contributed by atoms with Gasteiger partial charge in [-0.15, -0.1) is 0 Å². The molecule has 0 aliphatic rings. The molecule has 80 valence electrons. The molecule has 15 heavy (non-hydrogen) atoms. The van der Waals surface area contributed by atoms with Gasteiger partial charge < -0.3 is 5.32 Å². The number of rotatable bonds is 2. The SMILES string of the molecule is CN(N)C(=S)Nc1ccc([N+](=O)[O-])cc1. The van der Waals surface area contributed by atoms with E-state index in [1.54, 1.807) is 19.2 Å². The number of hydrazine groups is 1. The van der Waals surface area contributed by atoms with Gasteiger partial charge in [-0.25, -0.2) is 5.84 Å². The van der Waals surface area contributed by atoms with Crippen LogP contribution in [-0.4, -0.2) is 22.1 Å². The van der Waals surface area contributed by atoms with E-state index in [1.807, 2.05) is 0 Å². The van der Waals surface area contributed by atoms with E-state index in [9.17, 15) is 10.1 Å². The van der Waals surface area contributed by atoms with E-state index in [2.05, 4.69) is 5.32 Å². The van der Waals surface area contributed by atoms with Crippen molar-refractivity contribution in [2.45, 2.75) is 0 Å². The van der Waals surface area contributed by atoms with Gasteiger partial charge in [-0.1, -0.05) is 0 Å². The summed E-state index contributed by atoms with van der Waals surface area (Å²) in [4.78, 5) is 9.91. The van der Waals surface area contributed by atoms with E-state index < -0.39 is 4.92 Å². The molecule has 1 rings (SSSR count). The summed E-state index contributed by atoms with van der Waals surface area (Å²) in [5.74, 6) is 5.38. The minimum absolute atomic E-state index is 0.0348. The van der Waals surface area contributed by atoms with Crippen LogP contribution in [0.4, 0.5) is 11.4 Å². The lowest BCUT2D eigenvalue weighted by atomic mass is 10.3. The second-order valence-electron chi connectivity index (χ2n) is 2.85. The van der Waals surface area contributed by atoms with Crippen LogP contribution < -0.4 is 11.2 Å². The molecular formula is C8H10N4O2S. The molecule has 0 spiro atoms. The minimum atomic E-state index is -0.461. The zero-order valence-corrected chi connectivity index (χ0v) is 8.82. The highest BCUT2D eigenvalue weighted by Crippen LogP contribution is 2.15. The molecule has 0 fully saturated rings. The van der Waals surface area contributed by atoms with Gasteiger partial charge in [0.15, 0.2) is 5.11 Å². The standard InChI is InChI=1S/C8H10N4O2S/c1-11(9)8(15)10-6-2-4-7(5-3-6)12(13)14/h2-5H,9H2,1H3,(H,10,15). The van der Waals surface area contributed by atoms with Crippen molar-refractivity contribution < 1.29 is 4.92 Å². The molecule has 0 saturated carbocycles. The summed E-state index contributed by atoms with van der Waals surface area (Å²) in [5, 5.41) is 14.8. The number of nitrogens with one attached hydrogen (secondary N) is 1. The second kappa shape index (κ2) is 4.67. The number of thiocarbonyl (C=S) groups is 1. The Kier molecular flexibility index (Phi) is 3.53. The number of anilines is 1. The summed E-state index contributed by atoms with van der Waals surface area (Å²) >= 11 is 4.90. The Hall–Kier alpha value is -1.73. The Morgan fingerprint density at radius 1 is 1.53 bits per heavy atom. The van der Waals surface area contributed by atoms with Crippen LogP contribution in [0.15, 0.2) is 24.3 Å². The van der Waals surface area contributed by atoms with Crippen LogP contribution in [0.25, 0.3) is 0 Å². The smallest absolute Gasteiger partial charge is 0.269 e. The number of nitro benzene ring substituents is 1. The number of hydrogen-bond donors (Lipinski definition) is 2. The fraction of sp³-hybridized carbons (Fsp3) is 0.125. The molecule has 0 atom stereocenters. The zero-order chi connectivity index (χ0) is 11.4. The van der Waals surface area contributed by atoms with Crippen molar-refractivity contribution in [2.75, 3.05) is 12.4 Å². The number of non-ortho nitro benzene ring substituents is 1. The molecule has 0 saturated heterocycles. The van der Waals surface area contributed by atoms with Crippen molar-refractivity contribution >= 4 is 28.7 Å². The predicted molar refractivity (Wildman–Crippen MR) is 61.3 cm³/mol. The van der Waals surface area contributed by atoms with E-state index in [1.165, 1.54) is 17.1 Å². The van der Waals surface area contributed by atoms with E-state index in [4.69, 9.17) is 18.1 Å². The number of nitrogens with zero attached hydrogens (tertiary/aromatic N) is 2. The van der Waals surface area contributed by atoms with Crippen LogP contribution in [0, 0.1) is 10.1 Å². The van der Waals surface area contributed by atoms with Crippen LogP contribution in [0.1, 0.15) is 0 Å². The lowest BCUT2D eigenvalue weighted by Crippen LogP contribution is -2.36. The maximum Gasteiger partial charge on any atom is 0.269 e. The van der Waals surface area contributed by atoms with Crippen LogP contribution in [0.3, 0.4) is 0 Å². The third-order valence-corrected chi connectivity index (χ3v) is 2.04. The van der Waals surface area contributed by atoms with Crippen molar-refractivity contribution in [1.29, 1.82) is 0 Å². The monoisotopic (exact) mass is 226 g/mol. The Labute approximate surface area is 91.8 Å². The average molecular weight is 226 g/mol. The Balaban J connectivity index is 2.73. The summed E-state index contributed by atoms with van der Waals surface area (Å²) in [6.07, 6.45) is 0. The summed E-state index contributed by atoms with van der Waals surface area (Å²) in [6.45, 7) is 0. The van der Waals surface area contributed by atoms with E-state index in [0.29, 0.717) is 10.8 Å². The first-order valence-electron chi connectivity index (χ1n) is 4.04. The minimum Gasteiger partial charge on any atom is -0.332 e. The number of hydrogen-bond acceptors (Lipinski definition) is 4. The van der Waals surface area contributed by atoms with Gasteiger partial charge in [0, 0.05) is 24.9 Å². The lowest BCUT2D eigenvalue weighted by Gasteiger charge is -2.14. The summed E-state index contributed by atoms with van der Waals surface area (Å²) in [6, 6.07) is 5.91. The first-order chi connectivity index (χ1) is 7.00. The van der Waals surface area contributed by atoms with Crippen LogP contribution in [-0.2, 0) is 0 Å². The molecule has 1 aromatic rings. The molecular weight excluding hydrogens is 216 g/mol. The van der Waals surface area contributed by atoms with Gasteiger partial charge in [0.2, 0.25) is 0 Å². The Morgan fingerprint density at radius 2 is 2.07 bits per heavy atom. The molecule has 0 bridgehead atoms. The topological polar surface area (TPSA) is 84.4 Å². The molecule has 7 heteroatoms. The van der Waals surface area contributed by atoms with Crippen LogP contribution >= 0.6 is 12.2 Å². The number of nitro groups is 1. The van der Waals surface area contributed by atoms with Gasteiger partial charge in [0.1, 0.15) is 0 Å². The van der Waals surface area contributed by atoms with Gasteiger partial charge in [0.05, 0.1) is 4.92 Å². The second-order valence-corrected chi connectivity index (χ2v) is 3.23. The Bertz CT molecular complexity index is 377. The van der Waals surface area contributed by atoms with Crippen LogP contribution in [0.2, 0.25) is 0 Å². The molecule has 6 nitrogen and oxygen atoms in total. The molecule has 0 amide bonds. The van der Waals surface area contributed by atoms with Gasteiger partial charge in [-0.05, 0) is 24.4 Å². The predicted octanol–water partition coefficient (Wildman–Crippen LogP) is 1.10. The van der Waals surface area contributed by atoms with Crippen molar-refractivity contribution in [3.8, 4) is 0 Å². The molecule has 0 aliphatic carbocycles. The van der Waals surface area contributed by atoms with Crippen molar-refractivity contribution in [2.24, 2.45) is 5.84 Å². The molecule has 3 N–H and O–H groups in total. The highest BCUT2D eigenvalue weighted by molar-refractivity contribution is 7.80. The number of nitrogens with two attached hydrogens (primary N) is 1. The fourth-order valence-corrected chi connectivity index (χ4v) is 0.996. The normalized spacial score (nSPS) is 9.47. The quantitative estimate of drug-likeness (QED) is 0.340. The largest absolute Gasteiger partial charge is 0.332 e. The van der Waals surface area contributed by atoms with Crippen molar-refractivity contribution in [3.63, 3.8) is 0 Å². The third-order valence-electron chi connectivity index (χ3n) is 1.65. The maximum atomic E-state index is 10.4. The number of benzene rings is 1. The van der Waals surface area contributed by atoms with Crippen molar-refractivity contribution in [3.05, 3.63) is 34.4 Å². The molecule has 0 radical (unpaired) electrons. The summed E-state index contributed by atoms with van der Waals surface area (Å²) < 4.78 is 0.